The number of hydrogen-bond acceptors (Lipinski definition) is 2. The van der Waals surface area contributed by atoms with Gasteiger partial charge in [-0.2, -0.15) is 0 Å². The van der Waals surface area contributed by atoms with Crippen molar-refractivity contribution in [3.8, 4) is 0 Å². The minimum atomic E-state index is -0.897. The molecule has 0 saturated heterocycles. The van der Waals surface area contributed by atoms with Gasteiger partial charge in [0.2, 0.25) is 5.91 Å². The summed E-state index contributed by atoms with van der Waals surface area (Å²) in [6, 6.07) is 17.0. The van der Waals surface area contributed by atoms with Crippen LogP contribution < -0.4 is 10.6 Å². The normalized spacial score (nSPS) is 12.1. The molecule has 0 saturated carbocycles. The lowest BCUT2D eigenvalue weighted by Gasteiger charge is -2.14. The van der Waals surface area contributed by atoms with E-state index in [0.717, 1.165) is 22.9 Å². The summed E-state index contributed by atoms with van der Waals surface area (Å²) in [6.07, 6.45) is 0. The molecule has 0 radical (unpaired) electrons. The molecule has 0 spiro atoms. The lowest BCUT2D eigenvalue weighted by molar-refractivity contribution is -0.115. The van der Waals surface area contributed by atoms with Gasteiger partial charge in [0.15, 0.2) is 11.6 Å². The molecular weight excluding hydrogens is 322 g/mol. The second-order valence-electron chi connectivity index (χ2n) is 5.89. The highest BCUT2D eigenvalue weighted by molar-refractivity contribution is 5.95. The Balaban J connectivity index is 1.58. The van der Waals surface area contributed by atoms with E-state index in [4.69, 9.17) is 0 Å². The van der Waals surface area contributed by atoms with Crippen molar-refractivity contribution in [2.24, 2.45) is 0 Å². The molecule has 3 aromatic carbocycles. The predicted octanol–water partition coefficient (Wildman–Crippen LogP) is 4.41. The van der Waals surface area contributed by atoms with Crippen LogP contribution in [0.4, 0.5) is 14.5 Å². The summed E-state index contributed by atoms with van der Waals surface area (Å²) in [5.74, 6) is -1.98. The van der Waals surface area contributed by atoms with Crippen molar-refractivity contribution >= 4 is 22.4 Å². The Bertz CT molecular complexity index is 911. The SMILES string of the molecule is C[C@@H](NCC(=O)Nc1ccc2ccccc2c1)c1ccc(F)c(F)c1. The minimum absolute atomic E-state index is 0.0625. The smallest absolute Gasteiger partial charge is 0.238 e. The van der Waals surface area contributed by atoms with Crippen LogP contribution in [0.2, 0.25) is 0 Å². The first-order valence-electron chi connectivity index (χ1n) is 8.00. The quantitative estimate of drug-likeness (QED) is 0.722. The van der Waals surface area contributed by atoms with Gasteiger partial charge in [0.1, 0.15) is 0 Å². The molecule has 0 aliphatic carbocycles. The number of nitrogens with one attached hydrogen (secondary N) is 2. The lowest BCUT2D eigenvalue weighted by atomic mass is 10.1. The molecule has 1 atom stereocenters. The van der Waals surface area contributed by atoms with Gasteiger partial charge in [0.05, 0.1) is 6.54 Å². The van der Waals surface area contributed by atoms with Gasteiger partial charge >= 0.3 is 0 Å². The summed E-state index contributed by atoms with van der Waals surface area (Å²) >= 11 is 0. The molecule has 5 heteroatoms. The number of amides is 1. The fraction of sp³-hybridized carbons (Fsp3) is 0.150. The molecule has 0 heterocycles. The van der Waals surface area contributed by atoms with Crippen molar-refractivity contribution in [2.45, 2.75) is 13.0 Å². The molecule has 3 aromatic rings. The number of rotatable bonds is 5. The van der Waals surface area contributed by atoms with E-state index in [1.807, 2.05) is 42.5 Å². The maximum Gasteiger partial charge on any atom is 0.238 e. The Kier molecular flexibility index (Phi) is 5.05. The number of halogens is 2. The summed E-state index contributed by atoms with van der Waals surface area (Å²) in [4.78, 5) is 12.1. The monoisotopic (exact) mass is 340 g/mol. The van der Waals surface area contributed by atoms with Gasteiger partial charge in [-0.15, -0.1) is 0 Å². The number of anilines is 1. The van der Waals surface area contributed by atoms with Crippen molar-refractivity contribution in [1.29, 1.82) is 0 Å². The third-order valence-electron chi connectivity index (χ3n) is 4.05. The second kappa shape index (κ2) is 7.40. The zero-order chi connectivity index (χ0) is 17.8. The van der Waals surface area contributed by atoms with Crippen LogP contribution in [0.3, 0.4) is 0 Å². The minimum Gasteiger partial charge on any atom is -0.325 e. The number of benzene rings is 3. The van der Waals surface area contributed by atoms with Crippen molar-refractivity contribution in [3.05, 3.63) is 77.9 Å². The number of hydrogen-bond donors (Lipinski definition) is 2. The molecule has 0 bridgehead atoms. The van der Waals surface area contributed by atoms with Crippen molar-refractivity contribution in [2.75, 3.05) is 11.9 Å². The molecule has 0 aliphatic heterocycles. The van der Waals surface area contributed by atoms with Gasteiger partial charge in [-0.1, -0.05) is 36.4 Å². The Morgan fingerprint density at radius 2 is 1.72 bits per heavy atom. The highest BCUT2D eigenvalue weighted by atomic mass is 19.2. The average molecular weight is 340 g/mol. The van der Waals surface area contributed by atoms with Crippen LogP contribution in [0, 0.1) is 11.6 Å². The van der Waals surface area contributed by atoms with Crippen LogP contribution in [-0.4, -0.2) is 12.5 Å². The lowest BCUT2D eigenvalue weighted by Crippen LogP contribution is -2.30. The highest BCUT2D eigenvalue weighted by Crippen LogP contribution is 2.19. The molecule has 25 heavy (non-hydrogen) atoms. The van der Waals surface area contributed by atoms with Gasteiger partial charge in [0, 0.05) is 11.7 Å². The molecule has 1 amide bonds. The van der Waals surface area contributed by atoms with Gasteiger partial charge in [-0.05, 0) is 47.5 Å². The fourth-order valence-electron chi connectivity index (χ4n) is 2.62. The maximum absolute atomic E-state index is 13.3. The van der Waals surface area contributed by atoms with Crippen LogP contribution in [0.25, 0.3) is 10.8 Å². The second-order valence-corrected chi connectivity index (χ2v) is 5.89. The van der Waals surface area contributed by atoms with E-state index in [1.54, 1.807) is 6.92 Å². The molecule has 2 N–H and O–H groups in total. The Morgan fingerprint density at radius 1 is 0.960 bits per heavy atom. The first kappa shape index (κ1) is 17.0. The van der Waals surface area contributed by atoms with Crippen LogP contribution in [-0.2, 0) is 4.79 Å². The van der Waals surface area contributed by atoms with Gasteiger partial charge < -0.3 is 10.6 Å². The van der Waals surface area contributed by atoms with E-state index in [9.17, 15) is 13.6 Å². The summed E-state index contributed by atoms with van der Waals surface area (Å²) in [5, 5.41) is 7.97. The summed E-state index contributed by atoms with van der Waals surface area (Å²) in [6.45, 7) is 1.85. The first-order chi connectivity index (χ1) is 12.0. The summed E-state index contributed by atoms with van der Waals surface area (Å²) < 4.78 is 26.2. The standard InChI is InChI=1S/C20H18F2N2O/c1-13(15-7-9-18(21)19(22)11-15)23-12-20(25)24-17-8-6-14-4-2-3-5-16(14)10-17/h2-11,13,23H,12H2,1H3,(H,24,25)/t13-/m1/s1. The van der Waals surface area contributed by atoms with E-state index in [1.165, 1.54) is 6.07 Å². The topological polar surface area (TPSA) is 41.1 Å². The molecule has 128 valence electrons. The first-order valence-corrected chi connectivity index (χ1v) is 8.00. The van der Waals surface area contributed by atoms with E-state index in [2.05, 4.69) is 10.6 Å². The third kappa shape index (κ3) is 4.19. The van der Waals surface area contributed by atoms with Crippen LogP contribution >= 0.6 is 0 Å². The Hall–Kier alpha value is -2.79. The molecule has 0 fully saturated rings. The van der Waals surface area contributed by atoms with Crippen LogP contribution in [0.15, 0.2) is 60.7 Å². The molecule has 3 rings (SSSR count). The number of carbonyl (C=O) groups is 1. The van der Waals surface area contributed by atoms with E-state index >= 15 is 0 Å². The fourth-order valence-corrected chi connectivity index (χ4v) is 2.62. The van der Waals surface area contributed by atoms with Crippen molar-refractivity contribution in [3.63, 3.8) is 0 Å². The maximum atomic E-state index is 13.3. The predicted molar refractivity (Wildman–Crippen MR) is 95.4 cm³/mol. The molecule has 3 nitrogen and oxygen atoms in total. The van der Waals surface area contributed by atoms with Crippen LogP contribution in [0.5, 0.6) is 0 Å². The van der Waals surface area contributed by atoms with Crippen LogP contribution in [0.1, 0.15) is 18.5 Å². The molecular formula is C20H18F2N2O. The number of fused-ring (bicyclic) bond motifs is 1. The summed E-state index contributed by atoms with van der Waals surface area (Å²) in [7, 11) is 0. The molecule has 0 unspecified atom stereocenters. The van der Waals surface area contributed by atoms with Gasteiger partial charge in [-0.3, -0.25) is 4.79 Å². The van der Waals surface area contributed by atoms with E-state index in [0.29, 0.717) is 11.3 Å². The van der Waals surface area contributed by atoms with Gasteiger partial charge in [-0.25, -0.2) is 8.78 Å². The van der Waals surface area contributed by atoms with E-state index < -0.39 is 11.6 Å². The molecule has 0 aromatic heterocycles. The third-order valence-corrected chi connectivity index (χ3v) is 4.05. The van der Waals surface area contributed by atoms with E-state index in [-0.39, 0.29) is 18.5 Å². The Labute approximate surface area is 144 Å². The van der Waals surface area contributed by atoms with Crippen molar-refractivity contribution in [1.82, 2.24) is 5.32 Å². The largest absolute Gasteiger partial charge is 0.325 e. The van der Waals surface area contributed by atoms with Gasteiger partial charge in [0.25, 0.3) is 0 Å². The Morgan fingerprint density at radius 3 is 2.48 bits per heavy atom. The molecule has 0 aliphatic rings. The highest BCUT2D eigenvalue weighted by Gasteiger charge is 2.11. The van der Waals surface area contributed by atoms with Crippen molar-refractivity contribution < 1.29 is 13.6 Å². The average Bonchev–Trinajstić information content (AvgIpc) is 2.62. The summed E-state index contributed by atoms with van der Waals surface area (Å²) in [5.41, 5.74) is 1.29. The zero-order valence-corrected chi connectivity index (χ0v) is 13.7. The zero-order valence-electron chi connectivity index (χ0n) is 13.7. The number of carbonyl (C=O) groups excluding carboxylic acids is 1.